The van der Waals surface area contributed by atoms with Crippen molar-refractivity contribution in [3.63, 3.8) is 0 Å². The number of halogens is 3. The van der Waals surface area contributed by atoms with Crippen LogP contribution in [0.5, 0.6) is 0 Å². The van der Waals surface area contributed by atoms with E-state index < -0.39 is 5.24 Å². The summed E-state index contributed by atoms with van der Waals surface area (Å²) in [5, 5.41) is 2.92. The van der Waals surface area contributed by atoms with Gasteiger partial charge in [0.15, 0.2) is 22.9 Å². The number of aromatic nitrogens is 2. The van der Waals surface area contributed by atoms with Crippen molar-refractivity contribution in [1.29, 1.82) is 0 Å². The number of carbonyl (C=O) groups is 2. The summed E-state index contributed by atoms with van der Waals surface area (Å²) in [5.74, 6) is 1.20. The number of benzene rings is 2. The van der Waals surface area contributed by atoms with Gasteiger partial charge in [0.1, 0.15) is 16.9 Å². The van der Waals surface area contributed by atoms with E-state index in [1.54, 1.807) is 4.90 Å². The summed E-state index contributed by atoms with van der Waals surface area (Å²) in [7, 11) is 0. The number of hydrogen-bond donors (Lipinski definition) is 1. The molecule has 0 spiro atoms. The summed E-state index contributed by atoms with van der Waals surface area (Å²) < 4.78 is 10.9. The predicted molar refractivity (Wildman–Crippen MR) is 147 cm³/mol. The first-order valence-electron chi connectivity index (χ1n) is 11.9. The molecule has 0 radical (unpaired) electrons. The van der Waals surface area contributed by atoms with E-state index in [-0.39, 0.29) is 23.7 Å². The van der Waals surface area contributed by atoms with Crippen LogP contribution in [0.4, 0.5) is 11.4 Å². The molecule has 0 atom stereocenters. The predicted octanol–water partition coefficient (Wildman–Crippen LogP) is 6.57. The third kappa shape index (κ3) is 7.60. The quantitative estimate of drug-likeness (QED) is 0.208. The second kappa shape index (κ2) is 12.2. The molecule has 8 nitrogen and oxygen atoms in total. The fraction of sp³-hybridized carbons (Fsp3) is 0.385. The van der Waals surface area contributed by atoms with Crippen LogP contribution in [0.15, 0.2) is 45.2 Å². The van der Waals surface area contributed by atoms with Gasteiger partial charge >= 0.3 is 0 Å². The number of aryl methyl sites for hydroxylation is 2. The number of hydrogen-bond acceptors (Lipinski definition) is 7. The highest BCUT2D eigenvalue weighted by atomic mass is 35.5. The van der Waals surface area contributed by atoms with Gasteiger partial charge in [0.05, 0.1) is 5.88 Å². The molecule has 2 fully saturated rings. The number of carbonyl (C=O) groups excluding carboxylic acids is 2. The zero-order chi connectivity index (χ0) is 26.5. The van der Waals surface area contributed by atoms with Crippen molar-refractivity contribution >= 4 is 79.5 Å². The van der Waals surface area contributed by atoms with Crippen molar-refractivity contribution in [3.05, 3.63) is 48.2 Å². The number of fused-ring (bicyclic) bond motifs is 2. The molecule has 2 heterocycles. The lowest BCUT2D eigenvalue weighted by molar-refractivity contribution is -0.116. The maximum atomic E-state index is 11.9. The van der Waals surface area contributed by atoms with Crippen molar-refractivity contribution < 1.29 is 18.4 Å². The summed E-state index contributed by atoms with van der Waals surface area (Å²) in [5.41, 5.74) is 5.29. The van der Waals surface area contributed by atoms with Gasteiger partial charge in [-0.3, -0.25) is 9.59 Å². The number of nitrogens with one attached hydrogen (secondary N) is 1. The Morgan fingerprint density at radius 1 is 0.919 bits per heavy atom. The Bertz CT molecular complexity index is 1400. The van der Waals surface area contributed by atoms with Crippen LogP contribution in [0.2, 0.25) is 0 Å². The summed E-state index contributed by atoms with van der Waals surface area (Å²) in [6.07, 6.45) is 4.65. The Labute approximate surface area is 229 Å². The first-order valence-corrected chi connectivity index (χ1v) is 13.3. The number of amides is 1. The first-order chi connectivity index (χ1) is 17.8. The van der Waals surface area contributed by atoms with Crippen molar-refractivity contribution in [2.45, 2.75) is 51.6 Å². The van der Waals surface area contributed by atoms with Crippen LogP contribution >= 0.6 is 34.8 Å². The number of rotatable bonds is 6. The maximum Gasteiger partial charge on any atom is 0.242 e. The molecule has 0 unspecified atom stereocenters. The first kappa shape index (κ1) is 27.2. The Morgan fingerprint density at radius 3 is 2.00 bits per heavy atom. The number of anilines is 2. The molecule has 11 heteroatoms. The number of nitrogens with zero attached hydrogens (tertiary/aromatic N) is 3. The molecule has 1 N–H and O–H groups in total. The van der Waals surface area contributed by atoms with Crippen molar-refractivity contribution in [2.75, 3.05) is 22.0 Å². The van der Waals surface area contributed by atoms with Crippen molar-refractivity contribution in [3.8, 4) is 0 Å². The molecule has 2 aromatic carbocycles. The lowest BCUT2D eigenvalue weighted by atomic mass is 10.2. The zero-order valence-electron chi connectivity index (χ0n) is 20.5. The molecule has 2 aliphatic carbocycles. The summed E-state index contributed by atoms with van der Waals surface area (Å²) >= 11 is 15.2. The maximum absolute atomic E-state index is 11.9. The smallest absolute Gasteiger partial charge is 0.242 e. The highest BCUT2D eigenvalue weighted by molar-refractivity contribution is 6.67. The molecule has 6 rings (SSSR count). The van der Waals surface area contributed by atoms with Gasteiger partial charge < -0.3 is 19.1 Å². The summed E-state index contributed by atoms with van der Waals surface area (Å²) in [4.78, 5) is 31.6. The second-order valence-corrected chi connectivity index (χ2v) is 9.79. The Hall–Kier alpha value is -2.81. The molecule has 2 aromatic heterocycles. The van der Waals surface area contributed by atoms with Crippen LogP contribution < -0.4 is 10.2 Å². The Morgan fingerprint density at radius 2 is 1.49 bits per heavy atom. The third-order valence-electron chi connectivity index (χ3n) is 5.60. The fourth-order valence-corrected chi connectivity index (χ4v) is 3.86. The van der Waals surface area contributed by atoms with E-state index in [9.17, 15) is 9.59 Å². The second-order valence-electron chi connectivity index (χ2n) is 8.84. The van der Waals surface area contributed by atoms with Gasteiger partial charge in [0.25, 0.3) is 0 Å². The molecule has 37 heavy (non-hydrogen) atoms. The van der Waals surface area contributed by atoms with Gasteiger partial charge in [0, 0.05) is 49.4 Å². The van der Waals surface area contributed by atoms with Crippen LogP contribution in [0.1, 0.15) is 37.5 Å². The summed E-state index contributed by atoms with van der Waals surface area (Å²) in [6.45, 7) is 3.68. The van der Waals surface area contributed by atoms with E-state index in [0.717, 1.165) is 46.7 Å². The lowest BCUT2D eigenvalue weighted by Gasteiger charge is -2.21. The number of oxazole rings is 2. The zero-order valence-corrected chi connectivity index (χ0v) is 22.7. The van der Waals surface area contributed by atoms with Crippen LogP contribution in [0.3, 0.4) is 0 Å². The van der Waals surface area contributed by atoms with E-state index in [2.05, 4.69) is 21.4 Å². The van der Waals surface area contributed by atoms with E-state index in [1.165, 1.54) is 12.8 Å². The van der Waals surface area contributed by atoms with Crippen LogP contribution in [0, 0.1) is 13.8 Å². The van der Waals surface area contributed by atoms with Gasteiger partial charge in [-0.1, -0.05) is 0 Å². The van der Waals surface area contributed by atoms with Gasteiger partial charge in [-0.05, 0) is 61.5 Å². The van der Waals surface area contributed by atoms with Crippen molar-refractivity contribution in [1.82, 2.24) is 9.97 Å². The van der Waals surface area contributed by atoms with Crippen LogP contribution in [-0.4, -0.2) is 45.0 Å². The van der Waals surface area contributed by atoms with Crippen LogP contribution in [-0.2, 0) is 9.59 Å². The van der Waals surface area contributed by atoms with Gasteiger partial charge in [-0.25, -0.2) is 9.97 Å². The third-order valence-corrected chi connectivity index (χ3v) is 6.34. The standard InChI is InChI=1S/C13H13ClN2O2.C11H12N2O.C2H2Cl2O/c1-8-15-11-5-4-10(6-12(11)18-8)16(9-2-3-9)13(17)7-14;1-7-12-10-5-4-9(6-11(10)14-7)13-8-2-3-8;3-1-2(4)5/h4-6,9H,2-3,7H2,1H3;4-6,8,13H,2-3H2,1H3;1H2. The monoisotopic (exact) mass is 564 g/mol. The van der Waals surface area contributed by atoms with E-state index in [4.69, 9.17) is 43.6 Å². The van der Waals surface area contributed by atoms with Gasteiger partial charge in [0.2, 0.25) is 11.1 Å². The Kier molecular flexibility index (Phi) is 8.95. The molecule has 2 saturated carbocycles. The molecule has 1 amide bonds. The molecular formula is C26H27Cl3N4O4. The topological polar surface area (TPSA) is 101 Å². The highest BCUT2D eigenvalue weighted by Crippen LogP contribution is 2.33. The van der Waals surface area contributed by atoms with E-state index in [1.807, 2.05) is 44.2 Å². The van der Waals surface area contributed by atoms with E-state index in [0.29, 0.717) is 17.5 Å². The normalized spacial score (nSPS) is 14.4. The minimum absolute atomic E-state index is 0.00394. The minimum Gasteiger partial charge on any atom is -0.441 e. The molecule has 196 valence electrons. The summed E-state index contributed by atoms with van der Waals surface area (Å²) in [6, 6.07) is 12.7. The SMILES string of the molecule is Cc1nc2ccc(N(C(=O)CCl)C3CC3)cc2o1.Cc1nc2ccc(NC3CC3)cc2o1.O=C(Cl)CCl. The average Bonchev–Trinajstić information content (AvgIpc) is 3.79. The molecule has 2 aliphatic rings. The Balaban J connectivity index is 0.000000150. The molecule has 4 aromatic rings. The largest absolute Gasteiger partial charge is 0.441 e. The lowest BCUT2D eigenvalue weighted by Crippen LogP contribution is -2.33. The number of alkyl halides is 2. The molecule has 0 bridgehead atoms. The fourth-order valence-electron chi connectivity index (χ4n) is 3.73. The van der Waals surface area contributed by atoms with Crippen molar-refractivity contribution in [2.24, 2.45) is 0 Å². The van der Waals surface area contributed by atoms with Crippen LogP contribution in [0.25, 0.3) is 22.2 Å². The van der Waals surface area contributed by atoms with E-state index >= 15 is 0 Å². The average molecular weight is 566 g/mol. The molecule has 0 aliphatic heterocycles. The van der Waals surface area contributed by atoms with Gasteiger partial charge in [-0.15, -0.1) is 23.2 Å². The minimum atomic E-state index is -0.508. The molecular weight excluding hydrogens is 539 g/mol. The van der Waals surface area contributed by atoms with Gasteiger partial charge in [-0.2, -0.15) is 0 Å². The molecule has 0 saturated heterocycles. The highest BCUT2D eigenvalue weighted by Gasteiger charge is 2.33.